The summed E-state index contributed by atoms with van der Waals surface area (Å²) >= 11 is 0. The summed E-state index contributed by atoms with van der Waals surface area (Å²) in [5.41, 5.74) is 1.26. The molecular formula is C15H16FN3O. The third kappa shape index (κ3) is 2.71. The number of hydrogen-bond acceptors (Lipinski definition) is 2. The lowest BCUT2D eigenvalue weighted by atomic mass is 10.2. The standard InChI is InChI=1S/C15H16FN3O/c16-12-5-7-14(8-6-12)19-10-11(9-17-19)15(20)18-13-3-1-2-4-13/h5-10,13H,1-4H2,(H,18,20). The highest BCUT2D eigenvalue weighted by Gasteiger charge is 2.18. The van der Waals surface area contributed by atoms with Gasteiger partial charge in [-0.3, -0.25) is 4.79 Å². The van der Waals surface area contributed by atoms with Crippen molar-refractivity contribution in [1.29, 1.82) is 0 Å². The summed E-state index contributed by atoms with van der Waals surface area (Å²) in [4.78, 5) is 12.1. The molecule has 3 rings (SSSR count). The van der Waals surface area contributed by atoms with Gasteiger partial charge in [-0.15, -0.1) is 0 Å². The normalized spacial score (nSPS) is 15.4. The summed E-state index contributed by atoms with van der Waals surface area (Å²) in [6.45, 7) is 0. The van der Waals surface area contributed by atoms with Gasteiger partial charge in [0.1, 0.15) is 5.82 Å². The molecule has 1 heterocycles. The number of amides is 1. The van der Waals surface area contributed by atoms with E-state index >= 15 is 0 Å². The molecule has 1 aliphatic carbocycles. The molecule has 2 aromatic rings. The van der Waals surface area contributed by atoms with Gasteiger partial charge in [0, 0.05) is 12.2 Å². The summed E-state index contributed by atoms with van der Waals surface area (Å²) in [6, 6.07) is 6.28. The lowest BCUT2D eigenvalue weighted by Gasteiger charge is -2.10. The predicted octanol–water partition coefficient (Wildman–Crippen LogP) is 2.68. The van der Waals surface area contributed by atoms with Crippen molar-refractivity contribution in [2.75, 3.05) is 0 Å². The van der Waals surface area contributed by atoms with Gasteiger partial charge in [-0.25, -0.2) is 9.07 Å². The first-order valence-electron chi connectivity index (χ1n) is 6.84. The Balaban J connectivity index is 1.72. The Morgan fingerprint density at radius 3 is 2.65 bits per heavy atom. The summed E-state index contributed by atoms with van der Waals surface area (Å²) in [5, 5.41) is 7.16. The predicted molar refractivity (Wildman–Crippen MR) is 73.2 cm³/mol. The topological polar surface area (TPSA) is 46.9 Å². The largest absolute Gasteiger partial charge is 0.349 e. The molecule has 1 saturated carbocycles. The Hall–Kier alpha value is -2.17. The minimum absolute atomic E-state index is 0.0924. The van der Waals surface area contributed by atoms with E-state index in [0.717, 1.165) is 18.5 Å². The fourth-order valence-electron chi connectivity index (χ4n) is 2.51. The third-order valence-electron chi connectivity index (χ3n) is 3.63. The number of halogens is 1. The summed E-state index contributed by atoms with van der Waals surface area (Å²) < 4.78 is 14.4. The number of rotatable bonds is 3. The van der Waals surface area contributed by atoms with Crippen LogP contribution in [-0.4, -0.2) is 21.7 Å². The first-order valence-corrected chi connectivity index (χ1v) is 6.84. The molecule has 1 fully saturated rings. The highest BCUT2D eigenvalue weighted by molar-refractivity contribution is 5.94. The summed E-state index contributed by atoms with van der Waals surface area (Å²) in [6.07, 6.45) is 7.67. The van der Waals surface area contributed by atoms with E-state index in [4.69, 9.17) is 0 Å². The Labute approximate surface area is 116 Å². The zero-order valence-corrected chi connectivity index (χ0v) is 11.1. The van der Waals surface area contributed by atoms with E-state index in [9.17, 15) is 9.18 Å². The summed E-state index contributed by atoms with van der Waals surface area (Å²) in [5.74, 6) is -0.384. The maximum Gasteiger partial charge on any atom is 0.254 e. The third-order valence-corrected chi connectivity index (χ3v) is 3.63. The number of aromatic nitrogens is 2. The summed E-state index contributed by atoms with van der Waals surface area (Å²) in [7, 11) is 0. The van der Waals surface area contributed by atoms with E-state index in [2.05, 4.69) is 10.4 Å². The molecule has 1 N–H and O–H groups in total. The van der Waals surface area contributed by atoms with Gasteiger partial charge in [-0.1, -0.05) is 12.8 Å². The van der Waals surface area contributed by atoms with Gasteiger partial charge in [-0.2, -0.15) is 5.10 Å². The Morgan fingerprint density at radius 1 is 1.25 bits per heavy atom. The second kappa shape index (κ2) is 5.45. The molecule has 0 atom stereocenters. The monoisotopic (exact) mass is 273 g/mol. The molecule has 1 aromatic heterocycles. The zero-order chi connectivity index (χ0) is 13.9. The van der Waals surface area contributed by atoms with Crippen molar-refractivity contribution < 1.29 is 9.18 Å². The lowest BCUT2D eigenvalue weighted by molar-refractivity contribution is 0.0938. The molecule has 104 valence electrons. The number of nitrogens with zero attached hydrogens (tertiary/aromatic N) is 2. The SMILES string of the molecule is O=C(NC1CCCC1)c1cnn(-c2ccc(F)cc2)c1. The van der Waals surface area contributed by atoms with Gasteiger partial charge in [0.25, 0.3) is 5.91 Å². The van der Waals surface area contributed by atoms with Crippen LogP contribution in [0.15, 0.2) is 36.7 Å². The van der Waals surface area contributed by atoms with E-state index < -0.39 is 0 Å². The van der Waals surface area contributed by atoms with Gasteiger partial charge < -0.3 is 5.32 Å². The molecule has 0 saturated heterocycles. The van der Waals surface area contributed by atoms with Crippen molar-refractivity contribution in [1.82, 2.24) is 15.1 Å². The maximum absolute atomic E-state index is 12.9. The van der Waals surface area contributed by atoms with Crippen LogP contribution in [-0.2, 0) is 0 Å². The van der Waals surface area contributed by atoms with E-state index in [-0.39, 0.29) is 17.8 Å². The molecule has 0 spiro atoms. The Morgan fingerprint density at radius 2 is 1.95 bits per heavy atom. The molecule has 0 unspecified atom stereocenters. The molecule has 0 radical (unpaired) electrons. The van der Waals surface area contributed by atoms with Crippen LogP contribution in [0.4, 0.5) is 4.39 Å². The minimum Gasteiger partial charge on any atom is -0.349 e. The van der Waals surface area contributed by atoms with E-state index in [1.807, 2.05) is 0 Å². The Kier molecular flexibility index (Phi) is 3.50. The van der Waals surface area contributed by atoms with Crippen LogP contribution in [0.5, 0.6) is 0 Å². The van der Waals surface area contributed by atoms with E-state index in [1.165, 1.54) is 31.2 Å². The van der Waals surface area contributed by atoms with Crippen molar-refractivity contribution >= 4 is 5.91 Å². The van der Waals surface area contributed by atoms with Crippen LogP contribution in [0.3, 0.4) is 0 Å². The van der Waals surface area contributed by atoms with Gasteiger partial charge in [0.15, 0.2) is 0 Å². The van der Waals surface area contributed by atoms with Gasteiger partial charge in [-0.05, 0) is 37.1 Å². The highest BCUT2D eigenvalue weighted by Crippen LogP contribution is 2.18. The van der Waals surface area contributed by atoms with Crippen LogP contribution in [0, 0.1) is 5.82 Å². The van der Waals surface area contributed by atoms with Crippen LogP contribution in [0.1, 0.15) is 36.0 Å². The fraction of sp³-hybridized carbons (Fsp3) is 0.333. The molecule has 1 aromatic carbocycles. The molecule has 1 aliphatic rings. The zero-order valence-electron chi connectivity index (χ0n) is 11.1. The van der Waals surface area contributed by atoms with Gasteiger partial charge in [0.05, 0.1) is 17.4 Å². The molecule has 4 nitrogen and oxygen atoms in total. The van der Waals surface area contributed by atoms with Crippen LogP contribution in [0.2, 0.25) is 0 Å². The number of nitrogens with one attached hydrogen (secondary N) is 1. The van der Waals surface area contributed by atoms with E-state index in [1.54, 1.807) is 23.0 Å². The number of carbonyl (C=O) groups is 1. The van der Waals surface area contributed by atoms with Crippen molar-refractivity contribution in [2.24, 2.45) is 0 Å². The van der Waals surface area contributed by atoms with Gasteiger partial charge in [0.2, 0.25) is 0 Å². The fourth-order valence-corrected chi connectivity index (χ4v) is 2.51. The van der Waals surface area contributed by atoms with Crippen molar-refractivity contribution in [3.8, 4) is 5.69 Å². The second-order valence-corrected chi connectivity index (χ2v) is 5.10. The second-order valence-electron chi connectivity index (χ2n) is 5.10. The van der Waals surface area contributed by atoms with Crippen molar-refractivity contribution in [2.45, 2.75) is 31.7 Å². The number of hydrogen-bond donors (Lipinski definition) is 1. The Bertz CT molecular complexity index is 600. The van der Waals surface area contributed by atoms with Crippen molar-refractivity contribution in [3.05, 3.63) is 48.0 Å². The van der Waals surface area contributed by atoms with Gasteiger partial charge >= 0.3 is 0 Å². The van der Waals surface area contributed by atoms with Crippen molar-refractivity contribution in [3.63, 3.8) is 0 Å². The average Bonchev–Trinajstić information content (AvgIpc) is 3.10. The van der Waals surface area contributed by atoms with Crippen LogP contribution < -0.4 is 5.32 Å². The minimum atomic E-state index is -0.292. The first-order chi connectivity index (χ1) is 9.72. The smallest absolute Gasteiger partial charge is 0.254 e. The van der Waals surface area contributed by atoms with Crippen LogP contribution in [0.25, 0.3) is 5.69 Å². The van der Waals surface area contributed by atoms with Crippen LogP contribution >= 0.6 is 0 Å². The maximum atomic E-state index is 12.9. The number of carbonyl (C=O) groups excluding carboxylic acids is 1. The quantitative estimate of drug-likeness (QED) is 0.934. The lowest BCUT2D eigenvalue weighted by Crippen LogP contribution is -2.32. The molecule has 0 aliphatic heterocycles. The molecule has 1 amide bonds. The molecule has 5 heteroatoms. The highest BCUT2D eigenvalue weighted by atomic mass is 19.1. The molecule has 20 heavy (non-hydrogen) atoms. The molecular weight excluding hydrogens is 257 g/mol. The number of benzene rings is 1. The molecule has 0 bridgehead atoms. The average molecular weight is 273 g/mol. The first kappa shape index (κ1) is 12.8. The van der Waals surface area contributed by atoms with E-state index in [0.29, 0.717) is 5.56 Å².